The fourth-order valence-corrected chi connectivity index (χ4v) is 4.79. The minimum atomic E-state index is -0.738. The van der Waals surface area contributed by atoms with Crippen LogP contribution in [0.15, 0.2) is 36.5 Å². The molecule has 1 aromatic heterocycles. The van der Waals surface area contributed by atoms with Crippen molar-refractivity contribution < 1.29 is 23.5 Å². The lowest BCUT2D eigenvalue weighted by molar-refractivity contribution is -0.131. The molecular formula is C28H37FN4O4. The number of rotatable bonds is 8. The third kappa shape index (κ3) is 7.19. The highest BCUT2D eigenvalue weighted by atomic mass is 19.1. The molecule has 0 bridgehead atoms. The summed E-state index contributed by atoms with van der Waals surface area (Å²) >= 11 is 0. The summed E-state index contributed by atoms with van der Waals surface area (Å²) in [4.78, 5) is 32.4. The summed E-state index contributed by atoms with van der Waals surface area (Å²) in [6, 6.07) is 7.86. The number of likely N-dealkylation sites (tertiary alicyclic amines) is 2. The molecule has 2 saturated heterocycles. The zero-order chi connectivity index (χ0) is 26.4. The standard InChI is InChI=1S/C28H37FN4O4/c1-19(2)37-28(35)33-13-9-20(10-14-33)18-36-26-8-7-23(17-31-26)21-5-6-22(24(29)15-21)16-25(30)27(34)32-11-3-4-12-32/h5-8,15,17,19-20,25H,3-4,9-14,16,18,30H2,1-2H3. The van der Waals surface area contributed by atoms with Crippen LogP contribution in [0.3, 0.4) is 0 Å². The van der Waals surface area contributed by atoms with Gasteiger partial charge in [0.25, 0.3) is 0 Å². The Hall–Kier alpha value is -3.20. The van der Waals surface area contributed by atoms with Crippen LogP contribution in [0, 0.1) is 11.7 Å². The second-order valence-corrected chi connectivity index (χ2v) is 10.2. The summed E-state index contributed by atoms with van der Waals surface area (Å²) in [5.41, 5.74) is 7.97. The van der Waals surface area contributed by atoms with E-state index in [1.165, 1.54) is 6.07 Å². The van der Waals surface area contributed by atoms with E-state index in [2.05, 4.69) is 4.98 Å². The van der Waals surface area contributed by atoms with Crippen molar-refractivity contribution in [3.8, 4) is 17.0 Å². The van der Waals surface area contributed by atoms with Crippen LogP contribution in [-0.4, -0.2) is 71.7 Å². The maximum atomic E-state index is 14.8. The van der Waals surface area contributed by atoms with Gasteiger partial charge in [0, 0.05) is 44.0 Å². The number of benzene rings is 1. The average Bonchev–Trinajstić information content (AvgIpc) is 3.43. The highest BCUT2D eigenvalue weighted by Crippen LogP contribution is 2.25. The Labute approximate surface area is 217 Å². The number of amides is 2. The number of nitrogens with two attached hydrogens (primary N) is 1. The number of hydrogen-bond donors (Lipinski definition) is 1. The summed E-state index contributed by atoms with van der Waals surface area (Å²) in [6.07, 6.45) is 5.15. The van der Waals surface area contributed by atoms with Gasteiger partial charge >= 0.3 is 6.09 Å². The third-order valence-corrected chi connectivity index (χ3v) is 6.97. The summed E-state index contributed by atoms with van der Waals surface area (Å²) in [6.45, 7) is 7.00. The quantitative estimate of drug-likeness (QED) is 0.574. The van der Waals surface area contributed by atoms with Gasteiger partial charge < -0.3 is 25.0 Å². The first-order valence-electron chi connectivity index (χ1n) is 13.2. The molecule has 1 aromatic carbocycles. The van der Waals surface area contributed by atoms with Gasteiger partial charge in [-0.3, -0.25) is 4.79 Å². The summed E-state index contributed by atoms with van der Waals surface area (Å²) in [5, 5.41) is 0. The van der Waals surface area contributed by atoms with Crippen LogP contribution in [0.4, 0.5) is 9.18 Å². The van der Waals surface area contributed by atoms with Crippen molar-refractivity contribution in [2.24, 2.45) is 11.7 Å². The molecule has 0 spiro atoms. The zero-order valence-electron chi connectivity index (χ0n) is 21.7. The molecule has 2 aliphatic rings. The lowest BCUT2D eigenvalue weighted by Crippen LogP contribution is -2.43. The number of halogens is 1. The molecule has 8 nitrogen and oxygen atoms in total. The monoisotopic (exact) mass is 512 g/mol. The Morgan fingerprint density at radius 1 is 1.05 bits per heavy atom. The van der Waals surface area contributed by atoms with Gasteiger partial charge in [0.05, 0.1) is 18.8 Å². The van der Waals surface area contributed by atoms with Crippen molar-refractivity contribution in [1.82, 2.24) is 14.8 Å². The fraction of sp³-hybridized carbons (Fsp3) is 0.536. The smallest absolute Gasteiger partial charge is 0.410 e. The van der Waals surface area contributed by atoms with Gasteiger partial charge in [0.2, 0.25) is 11.8 Å². The van der Waals surface area contributed by atoms with Gasteiger partial charge in [-0.25, -0.2) is 14.2 Å². The molecule has 0 radical (unpaired) electrons. The summed E-state index contributed by atoms with van der Waals surface area (Å²) < 4.78 is 26.0. The number of hydrogen-bond acceptors (Lipinski definition) is 6. The summed E-state index contributed by atoms with van der Waals surface area (Å²) in [5.74, 6) is 0.356. The molecule has 3 heterocycles. The lowest BCUT2D eigenvalue weighted by atomic mass is 9.98. The summed E-state index contributed by atoms with van der Waals surface area (Å²) in [7, 11) is 0. The molecule has 4 rings (SSSR count). The number of carbonyl (C=O) groups excluding carboxylic acids is 2. The van der Waals surface area contributed by atoms with Crippen LogP contribution in [0.1, 0.15) is 45.1 Å². The molecule has 1 unspecified atom stereocenters. The molecule has 2 aliphatic heterocycles. The molecule has 1 atom stereocenters. The first-order valence-corrected chi connectivity index (χ1v) is 13.2. The lowest BCUT2D eigenvalue weighted by Gasteiger charge is -2.31. The Kier molecular flexibility index (Phi) is 8.97. The number of aromatic nitrogens is 1. The molecular weight excluding hydrogens is 475 g/mol. The highest BCUT2D eigenvalue weighted by molar-refractivity contribution is 5.82. The van der Waals surface area contributed by atoms with E-state index in [9.17, 15) is 14.0 Å². The number of pyridine rings is 1. The van der Waals surface area contributed by atoms with Crippen LogP contribution in [0.25, 0.3) is 11.1 Å². The predicted octanol–water partition coefficient (Wildman–Crippen LogP) is 4.02. The van der Waals surface area contributed by atoms with E-state index in [0.717, 1.165) is 44.3 Å². The Balaban J connectivity index is 1.26. The largest absolute Gasteiger partial charge is 0.477 e. The van der Waals surface area contributed by atoms with E-state index in [4.69, 9.17) is 15.2 Å². The molecule has 2 N–H and O–H groups in total. The topological polar surface area (TPSA) is 98.0 Å². The maximum Gasteiger partial charge on any atom is 0.410 e. The minimum Gasteiger partial charge on any atom is -0.477 e. The number of ether oxygens (including phenoxy) is 2. The van der Waals surface area contributed by atoms with Gasteiger partial charge in [0.15, 0.2) is 0 Å². The third-order valence-electron chi connectivity index (χ3n) is 6.97. The van der Waals surface area contributed by atoms with Crippen LogP contribution < -0.4 is 10.5 Å². The molecule has 2 aromatic rings. The van der Waals surface area contributed by atoms with Gasteiger partial charge in [-0.05, 0) is 75.1 Å². The minimum absolute atomic E-state index is 0.111. The van der Waals surface area contributed by atoms with E-state index in [-0.39, 0.29) is 30.3 Å². The number of carbonyl (C=O) groups is 2. The van der Waals surface area contributed by atoms with Crippen molar-refractivity contribution in [1.29, 1.82) is 0 Å². The fourth-order valence-electron chi connectivity index (χ4n) is 4.79. The SMILES string of the molecule is CC(C)OC(=O)N1CCC(COc2ccc(-c3ccc(CC(N)C(=O)N4CCCC4)c(F)c3)cn2)CC1. The van der Waals surface area contributed by atoms with Crippen molar-refractivity contribution in [2.75, 3.05) is 32.8 Å². The van der Waals surface area contributed by atoms with E-state index < -0.39 is 6.04 Å². The first-order chi connectivity index (χ1) is 17.8. The first kappa shape index (κ1) is 26.9. The van der Waals surface area contributed by atoms with E-state index in [1.54, 1.807) is 28.1 Å². The Morgan fingerprint density at radius 2 is 1.76 bits per heavy atom. The van der Waals surface area contributed by atoms with Gasteiger partial charge in [-0.2, -0.15) is 0 Å². The number of piperidine rings is 1. The van der Waals surface area contributed by atoms with E-state index in [0.29, 0.717) is 42.6 Å². The van der Waals surface area contributed by atoms with Crippen molar-refractivity contribution >= 4 is 12.0 Å². The number of nitrogens with zero attached hydrogens (tertiary/aromatic N) is 3. The molecule has 37 heavy (non-hydrogen) atoms. The van der Waals surface area contributed by atoms with Crippen LogP contribution in [0.5, 0.6) is 5.88 Å². The molecule has 0 saturated carbocycles. The molecule has 2 fully saturated rings. The van der Waals surface area contributed by atoms with Crippen molar-refractivity contribution in [3.63, 3.8) is 0 Å². The van der Waals surface area contributed by atoms with Gasteiger partial charge in [-0.15, -0.1) is 0 Å². The Bertz CT molecular complexity index is 1060. The average molecular weight is 513 g/mol. The Morgan fingerprint density at radius 3 is 2.38 bits per heavy atom. The highest BCUT2D eigenvalue weighted by Gasteiger charge is 2.26. The van der Waals surface area contributed by atoms with Crippen molar-refractivity contribution in [3.05, 3.63) is 47.9 Å². The molecule has 200 valence electrons. The van der Waals surface area contributed by atoms with Crippen LogP contribution >= 0.6 is 0 Å². The van der Waals surface area contributed by atoms with E-state index in [1.807, 2.05) is 26.0 Å². The normalized spacial score (nSPS) is 17.2. The maximum absolute atomic E-state index is 14.8. The molecule has 0 aliphatic carbocycles. The zero-order valence-corrected chi connectivity index (χ0v) is 21.7. The molecule has 9 heteroatoms. The van der Waals surface area contributed by atoms with E-state index >= 15 is 0 Å². The van der Waals surface area contributed by atoms with Crippen LogP contribution in [-0.2, 0) is 16.0 Å². The van der Waals surface area contributed by atoms with Crippen LogP contribution in [0.2, 0.25) is 0 Å². The molecule has 2 amide bonds. The second kappa shape index (κ2) is 12.4. The van der Waals surface area contributed by atoms with Gasteiger partial charge in [0.1, 0.15) is 5.82 Å². The van der Waals surface area contributed by atoms with Gasteiger partial charge in [-0.1, -0.05) is 12.1 Å². The predicted molar refractivity (Wildman–Crippen MR) is 139 cm³/mol. The second-order valence-electron chi connectivity index (χ2n) is 10.2. The van der Waals surface area contributed by atoms with Crippen molar-refractivity contribution in [2.45, 2.75) is 58.1 Å².